The summed E-state index contributed by atoms with van der Waals surface area (Å²) >= 11 is 0. The molecule has 0 aliphatic heterocycles. The number of nitrogens with two attached hydrogens (primary N) is 1. The van der Waals surface area contributed by atoms with Crippen LogP contribution >= 0.6 is 0 Å². The summed E-state index contributed by atoms with van der Waals surface area (Å²) in [5.41, 5.74) is 4.50. The van der Waals surface area contributed by atoms with Gasteiger partial charge in [0.05, 0.1) is 0 Å². The van der Waals surface area contributed by atoms with Gasteiger partial charge in [-0.15, -0.1) is 0 Å². The molecule has 0 spiro atoms. The molecule has 2 N–H and O–H groups in total. The van der Waals surface area contributed by atoms with E-state index in [4.69, 9.17) is 0 Å². The van der Waals surface area contributed by atoms with Crippen LogP contribution in [0.2, 0.25) is 0 Å². The van der Waals surface area contributed by atoms with Gasteiger partial charge >= 0.3 is 0 Å². The first-order valence-electron chi connectivity index (χ1n) is 6.94. The van der Waals surface area contributed by atoms with Crippen molar-refractivity contribution in [2.75, 3.05) is 7.05 Å². The average Bonchev–Trinajstić information content (AvgIpc) is 2.34. The van der Waals surface area contributed by atoms with Gasteiger partial charge in [0.25, 0.3) is 0 Å². The van der Waals surface area contributed by atoms with Crippen molar-refractivity contribution in [1.29, 1.82) is 0 Å². The van der Waals surface area contributed by atoms with E-state index in [1.165, 1.54) is 39.2 Å². The molecule has 2 aliphatic carbocycles. The van der Waals surface area contributed by atoms with Crippen molar-refractivity contribution in [1.82, 2.24) is 0 Å². The Morgan fingerprint density at radius 3 is 1.67 bits per heavy atom. The Hall–Kier alpha value is -0.0400. The van der Waals surface area contributed by atoms with Crippen molar-refractivity contribution < 1.29 is 0 Å². The Morgan fingerprint density at radius 2 is 1.13 bits per heavy atom. The Balaban J connectivity index is 0.000000531. The molecule has 0 bridgehead atoms. The van der Waals surface area contributed by atoms with Crippen LogP contribution in [0.1, 0.15) is 64.7 Å². The molecule has 0 aromatic carbocycles. The van der Waals surface area contributed by atoms with Crippen LogP contribution in [0.5, 0.6) is 0 Å². The van der Waals surface area contributed by atoms with Crippen molar-refractivity contribution in [3.63, 3.8) is 0 Å². The zero-order valence-corrected chi connectivity index (χ0v) is 10.7. The lowest BCUT2D eigenvalue weighted by atomic mass is 9.71. The molecule has 2 saturated carbocycles. The summed E-state index contributed by atoms with van der Waals surface area (Å²) in [7, 11) is 1.50. The van der Waals surface area contributed by atoms with Crippen LogP contribution in [0.25, 0.3) is 0 Å². The molecule has 2 aliphatic rings. The Kier molecular flexibility index (Phi) is 6.31. The maximum Gasteiger partial charge on any atom is -0.0195 e. The van der Waals surface area contributed by atoms with Crippen LogP contribution in [0.3, 0.4) is 0 Å². The minimum Gasteiger partial charge on any atom is -0.333 e. The number of hydrogen-bond donors (Lipinski definition) is 1. The first-order chi connectivity index (χ1) is 7.36. The minimum atomic E-state index is 1.03. The van der Waals surface area contributed by atoms with Crippen molar-refractivity contribution in [2.45, 2.75) is 64.7 Å². The topological polar surface area (TPSA) is 26.0 Å². The van der Waals surface area contributed by atoms with Gasteiger partial charge in [-0.1, -0.05) is 51.9 Å². The molecule has 2 fully saturated rings. The van der Waals surface area contributed by atoms with Gasteiger partial charge < -0.3 is 5.73 Å². The lowest BCUT2D eigenvalue weighted by Crippen LogP contribution is -2.22. The van der Waals surface area contributed by atoms with E-state index in [1.54, 1.807) is 25.7 Å². The minimum absolute atomic E-state index is 1.03. The van der Waals surface area contributed by atoms with Crippen LogP contribution in [-0.2, 0) is 0 Å². The van der Waals surface area contributed by atoms with Gasteiger partial charge in [0, 0.05) is 0 Å². The molecule has 0 heterocycles. The highest BCUT2D eigenvalue weighted by atomic mass is 14.4. The zero-order valence-electron chi connectivity index (χ0n) is 10.7. The highest BCUT2D eigenvalue weighted by Gasteiger charge is 2.26. The van der Waals surface area contributed by atoms with Crippen LogP contribution in [0.4, 0.5) is 0 Å². The van der Waals surface area contributed by atoms with Gasteiger partial charge in [-0.2, -0.15) is 0 Å². The second kappa shape index (κ2) is 7.27. The van der Waals surface area contributed by atoms with Crippen molar-refractivity contribution in [3.05, 3.63) is 0 Å². The molecule has 0 aromatic heterocycles. The second-order valence-electron chi connectivity index (χ2n) is 5.42. The fraction of sp³-hybridized carbons (Fsp3) is 1.00. The average molecular weight is 211 g/mol. The molecule has 0 radical (unpaired) electrons. The van der Waals surface area contributed by atoms with Gasteiger partial charge in [-0.25, -0.2) is 0 Å². The summed E-state index contributed by atoms with van der Waals surface area (Å²) in [6, 6.07) is 0. The monoisotopic (exact) mass is 211 g/mol. The van der Waals surface area contributed by atoms with Crippen molar-refractivity contribution in [2.24, 2.45) is 23.5 Å². The van der Waals surface area contributed by atoms with E-state index in [1.807, 2.05) is 0 Å². The lowest BCUT2D eigenvalue weighted by molar-refractivity contribution is 0.173. The summed E-state index contributed by atoms with van der Waals surface area (Å²) in [5.74, 6) is 3.28. The first-order valence-corrected chi connectivity index (χ1v) is 6.94. The molecule has 0 amide bonds. The lowest BCUT2D eigenvalue weighted by Gasteiger charge is -2.34. The summed E-state index contributed by atoms with van der Waals surface area (Å²) in [6.45, 7) is 2.43. The van der Waals surface area contributed by atoms with Crippen LogP contribution in [0, 0.1) is 17.8 Å². The Morgan fingerprint density at radius 1 is 0.667 bits per heavy atom. The van der Waals surface area contributed by atoms with E-state index in [9.17, 15) is 0 Å². The van der Waals surface area contributed by atoms with Gasteiger partial charge in [0.2, 0.25) is 0 Å². The van der Waals surface area contributed by atoms with Crippen LogP contribution in [-0.4, -0.2) is 7.05 Å². The van der Waals surface area contributed by atoms with E-state index < -0.39 is 0 Å². The van der Waals surface area contributed by atoms with E-state index >= 15 is 0 Å². The molecule has 0 saturated heterocycles. The van der Waals surface area contributed by atoms with Crippen molar-refractivity contribution in [3.8, 4) is 0 Å². The number of rotatable bonds is 1. The fourth-order valence-corrected chi connectivity index (χ4v) is 3.36. The predicted molar refractivity (Wildman–Crippen MR) is 67.8 cm³/mol. The number of hydrogen-bond acceptors (Lipinski definition) is 1. The molecule has 1 heteroatoms. The fourth-order valence-electron chi connectivity index (χ4n) is 3.36. The highest BCUT2D eigenvalue weighted by molar-refractivity contribution is 4.78. The third-order valence-corrected chi connectivity index (χ3v) is 4.38. The third kappa shape index (κ3) is 4.14. The normalized spacial score (nSPS) is 33.0. The van der Waals surface area contributed by atoms with Gasteiger partial charge in [-0.3, -0.25) is 0 Å². The smallest absolute Gasteiger partial charge is 0.0195 e. The third-order valence-electron chi connectivity index (χ3n) is 4.38. The molecule has 90 valence electrons. The Labute approximate surface area is 95.8 Å². The summed E-state index contributed by atoms with van der Waals surface area (Å²) in [4.78, 5) is 0. The molecular weight excluding hydrogens is 182 g/mol. The second-order valence-corrected chi connectivity index (χ2v) is 5.42. The quantitative estimate of drug-likeness (QED) is 0.698. The summed E-state index contributed by atoms with van der Waals surface area (Å²) in [5, 5.41) is 0. The van der Waals surface area contributed by atoms with Gasteiger partial charge in [0.1, 0.15) is 0 Å². The molecular formula is C14H29N. The maximum atomic E-state index is 4.50. The van der Waals surface area contributed by atoms with Crippen molar-refractivity contribution >= 4 is 0 Å². The zero-order chi connectivity index (χ0) is 11.1. The van der Waals surface area contributed by atoms with E-state index in [2.05, 4.69) is 12.7 Å². The van der Waals surface area contributed by atoms with Crippen LogP contribution < -0.4 is 5.73 Å². The summed E-state index contributed by atoms with van der Waals surface area (Å²) in [6.07, 6.45) is 13.8. The summed E-state index contributed by atoms with van der Waals surface area (Å²) < 4.78 is 0. The maximum absolute atomic E-state index is 4.50. The van der Waals surface area contributed by atoms with Gasteiger partial charge in [-0.05, 0) is 37.6 Å². The molecule has 2 rings (SSSR count). The molecule has 0 atom stereocenters. The first kappa shape index (κ1) is 13.0. The SMILES string of the molecule is CC1CCC(C2CCCCC2)CC1.CN. The largest absolute Gasteiger partial charge is 0.333 e. The van der Waals surface area contributed by atoms with Crippen LogP contribution in [0.15, 0.2) is 0 Å². The standard InChI is InChI=1S/C13H24.CH5N/c1-11-7-9-13(10-8-11)12-5-3-2-4-6-12;1-2/h11-13H,2-10H2,1H3;2H2,1H3. The molecule has 15 heavy (non-hydrogen) atoms. The molecule has 0 aromatic rings. The van der Waals surface area contributed by atoms with E-state index in [0.717, 1.165) is 17.8 Å². The van der Waals surface area contributed by atoms with E-state index in [-0.39, 0.29) is 0 Å². The Bertz CT molecular complexity index is 141. The van der Waals surface area contributed by atoms with Gasteiger partial charge in [0.15, 0.2) is 0 Å². The molecule has 0 unspecified atom stereocenters. The predicted octanol–water partition coefficient (Wildman–Crippen LogP) is 3.97. The van der Waals surface area contributed by atoms with E-state index in [0.29, 0.717) is 0 Å². The molecule has 1 nitrogen and oxygen atoms in total. The highest BCUT2D eigenvalue weighted by Crippen LogP contribution is 2.39.